The van der Waals surface area contributed by atoms with Gasteiger partial charge in [0.2, 0.25) is 0 Å². The second-order valence-corrected chi connectivity index (χ2v) is 6.25. The van der Waals surface area contributed by atoms with Crippen LogP contribution in [0.1, 0.15) is 21.6 Å². The SMILES string of the molecule is Cn1nc(C(=O)NC[C@@H]2Cc3ccccc3CN2)c2ccccc21. The zero-order chi connectivity index (χ0) is 16.5. The molecule has 2 aromatic carbocycles. The average molecular weight is 320 g/mol. The Bertz CT molecular complexity index is 899. The van der Waals surface area contributed by atoms with Crippen molar-refractivity contribution >= 4 is 16.8 Å². The van der Waals surface area contributed by atoms with Gasteiger partial charge in [0.05, 0.1) is 5.52 Å². The first-order valence-corrected chi connectivity index (χ1v) is 8.22. The van der Waals surface area contributed by atoms with Gasteiger partial charge < -0.3 is 10.6 Å². The van der Waals surface area contributed by atoms with Crippen LogP contribution >= 0.6 is 0 Å². The first-order valence-electron chi connectivity index (χ1n) is 8.22. The second-order valence-electron chi connectivity index (χ2n) is 6.25. The van der Waals surface area contributed by atoms with E-state index in [0.717, 1.165) is 23.9 Å². The molecule has 1 aliphatic heterocycles. The molecule has 0 radical (unpaired) electrons. The van der Waals surface area contributed by atoms with Gasteiger partial charge in [-0.1, -0.05) is 42.5 Å². The molecule has 2 N–H and O–H groups in total. The fourth-order valence-electron chi connectivity index (χ4n) is 3.35. The van der Waals surface area contributed by atoms with E-state index in [1.54, 1.807) is 4.68 Å². The summed E-state index contributed by atoms with van der Waals surface area (Å²) < 4.78 is 1.75. The minimum atomic E-state index is -0.118. The summed E-state index contributed by atoms with van der Waals surface area (Å²) >= 11 is 0. The molecule has 5 nitrogen and oxygen atoms in total. The van der Waals surface area contributed by atoms with Crippen LogP contribution in [0.3, 0.4) is 0 Å². The van der Waals surface area contributed by atoms with Crippen LogP contribution in [0, 0.1) is 0 Å². The van der Waals surface area contributed by atoms with Gasteiger partial charge in [-0.15, -0.1) is 0 Å². The highest BCUT2D eigenvalue weighted by Crippen LogP contribution is 2.18. The van der Waals surface area contributed by atoms with Gasteiger partial charge in [-0.25, -0.2) is 0 Å². The number of carbonyl (C=O) groups is 1. The van der Waals surface area contributed by atoms with E-state index in [4.69, 9.17) is 0 Å². The Morgan fingerprint density at radius 2 is 1.96 bits per heavy atom. The molecule has 0 bridgehead atoms. The van der Waals surface area contributed by atoms with Gasteiger partial charge in [0.1, 0.15) is 0 Å². The van der Waals surface area contributed by atoms with Gasteiger partial charge in [0, 0.05) is 31.6 Å². The maximum atomic E-state index is 12.5. The van der Waals surface area contributed by atoms with Crippen LogP contribution < -0.4 is 10.6 Å². The Morgan fingerprint density at radius 1 is 1.21 bits per heavy atom. The van der Waals surface area contributed by atoms with Crippen LogP contribution in [0.4, 0.5) is 0 Å². The van der Waals surface area contributed by atoms with Crippen LogP contribution in [0.25, 0.3) is 10.9 Å². The number of carbonyl (C=O) groups excluding carboxylic acids is 1. The Balaban J connectivity index is 1.45. The number of hydrogen-bond donors (Lipinski definition) is 2. The first kappa shape index (κ1) is 14.9. The third-order valence-corrected chi connectivity index (χ3v) is 4.65. The lowest BCUT2D eigenvalue weighted by molar-refractivity contribution is 0.0944. The van der Waals surface area contributed by atoms with E-state index in [-0.39, 0.29) is 11.9 Å². The van der Waals surface area contributed by atoms with Crippen molar-refractivity contribution in [1.29, 1.82) is 0 Å². The van der Waals surface area contributed by atoms with Crippen molar-refractivity contribution in [3.05, 3.63) is 65.4 Å². The summed E-state index contributed by atoms with van der Waals surface area (Å²) in [6.07, 6.45) is 0.930. The molecule has 4 rings (SSSR count). The number of para-hydroxylation sites is 1. The summed E-state index contributed by atoms with van der Waals surface area (Å²) in [7, 11) is 1.86. The number of nitrogens with zero attached hydrogens (tertiary/aromatic N) is 2. The first-order chi connectivity index (χ1) is 11.7. The van der Waals surface area contributed by atoms with Crippen LogP contribution in [0.15, 0.2) is 48.5 Å². The molecule has 0 aliphatic carbocycles. The summed E-state index contributed by atoms with van der Waals surface area (Å²) in [5, 5.41) is 11.8. The smallest absolute Gasteiger partial charge is 0.272 e. The van der Waals surface area contributed by atoms with E-state index >= 15 is 0 Å². The van der Waals surface area contributed by atoms with Crippen LogP contribution in [-0.4, -0.2) is 28.3 Å². The summed E-state index contributed by atoms with van der Waals surface area (Å²) in [4.78, 5) is 12.5. The third-order valence-electron chi connectivity index (χ3n) is 4.65. The number of fused-ring (bicyclic) bond motifs is 2. The third kappa shape index (κ3) is 2.67. The molecule has 24 heavy (non-hydrogen) atoms. The summed E-state index contributed by atoms with van der Waals surface area (Å²) in [5.41, 5.74) is 4.16. The normalized spacial score (nSPS) is 16.8. The fraction of sp³-hybridized carbons (Fsp3) is 0.263. The zero-order valence-electron chi connectivity index (χ0n) is 13.6. The molecule has 1 aromatic heterocycles. The number of aromatic nitrogens is 2. The molecular weight excluding hydrogens is 300 g/mol. The van der Waals surface area contributed by atoms with Crippen molar-refractivity contribution in [1.82, 2.24) is 20.4 Å². The molecule has 0 fully saturated rings. The molecule has 0 unspecified atom stereocenters. The van der Waals surface area contributed by atoms with Gasteiger partial charge in [0.15, 0.2) is 5.69 Å². The number of benzene rings is 2. The Hall–Kier alpha value is -2.66. The number of rotatable bonds is 3. The maximum absolute atomic E-state index is 12.5. The molecule has 1 aliphatic rings. The van der Waals surface area contributed by atoms with Gasteiger partial charge in [-0.2, -0.15) is 5.10 Å². The van der Waals surface area contributed by atoms with Crippen molar-refractivity contribution in [3.63, 3.8) is 0 Å². The Labute approximate surface area is 140 Å². The Morgan fingerprint density at radius 3 is 2.83 bits per heavy atom. The zero-order valence-corrected chi connectivity index (χ0v) is 13.6. The summed E-state index contributed by atoms with van der Waals surface area (Å²) in [5.74, 6) is -0.118. The fourth-order valence-corrected chi connectivity index (χ4v) is 3.35. The summed E-state index contributed by atoms with van der Waals surface area (Å²) in [6, 6.07) is 16.5. The van der Waals surface area contributed by atoms with Crippen molar-refractivity contribution in [2.75, 3.05) is 6.54 Å². The van der Waals surface area contributed by atoms with E-state index in [1.807, 2.05) is 31.3 Å². The molecule has 1 amide bonds. The molecule has 0 saturated carbocycles. The highest BCUT2D eigenvalue weighted by molar-refractivity contribution is 6.04. The second kappa shape index (κ2) is 6.09. The lowest BCUT2D eigenvalue weighted by atomic mass is 9.96. The Kier molecular flexibility index (Phi) is 3.78. The van der Waals surface area contributed by atoms with E-state index < -0.39 is 0 Å². The minimum Gasteiger partial charge on any atom is -0.349 e. The predicted octanol–water partition coefficient (Wildman–Crippen LogP) is 2.02. The van der Waals surface area contributed by atoms with E-state index in [1.165, 1.54) is 11.1 Å². The van der Waals surface area contributed by atoms with Gasteiger partial charge in [-0.05, 0) is 23.6 Å². The number of amides is 1. The van der Waals surface area contributed by atoms with Crippen molar-refractivity contribution in [2.45, 2.75) is 19.0 Å². The monoisotopic (exact) mass is 320 g/mol. The molecule has 5 heteroatoms. The highest BCUT2D eigenvalue weighted by atomic mass is 16.1. The van der Waals surface area contributed by atoms with Crippen LogP contribution in [0.5, 0.6) is 0 Å². The number of hydrogen-bond acceptors (Lipinski definition) is 3. The van der Waals surface area contributed by atoms with Gasteiger partial charge in [0.25, 0.3) is 5.91 Å². The number of nitrogens with one attached hydrogen (secondary N) is 2. The van der Waals surface area contributed by atoms with Crippen molar-refractivity contribution in [2.24, 2.45) is 7.05 Å². The average Bonchev–Trinajstić information content (AvgIpc) is 2.97. The number of aryl methyl sites for hydroxylation is 1. The standard InChI is InChI=1S/C19H20N4O/c1-23-17-9-5-4-8-16(17)18(22-23)19(24)21-12-15-10-13-6-2-3-7-14(13)11-20-15/h2-9,15,20H,10-12H2,1H3,(H,21,24)/t15-/m0/s1. The quantitative estimate of drug-likeness (QED) is 0.776. The van der Waals surface area contributed by atoms with Crippen molar-refractivity contribution in [3.8, 4) is 0 Å². The molecule has 1 atom stereocenters. The summed E-state index contributed by atoms with van der Waals surface area (Å²) in [6.45, 7) is 1.45. The topological polar surface area (TPSA) is 59.0 Å². The lowest BCUT2D eigenvalue weighted by Crippen LogP contribution is -2.44. The van der Waals surface area contributed by atoms with Crippen LogP contribution in [-0.2, 0) is 20.0 Å². The molecule has 3 aromatic rings. The molecule has 0 spiro atoms. The minimum absolute atomic E-state index is 0.118. The van der Waals surface area contributed by atoms with E-state index in [2.05, 4.69) is 40.0 Å². The maximum Gasteiger partial charge on any atom is 0.272 e. The van der Waals surface area contributed by atoms with E-state index in [0.29, 0.717) is 12.2 Å². The van der Waals surface area contributed by atoms with E-state index in [9.17, 15) is 4.79 Å². The molecule has 122 valence electrons. The largest absolute Gasteiger partial charge is 0.349 e. The molecular formula is C19H20N4O. The van der Waals surface area contributed by atoms with Gasteiger partial charge in [-0.3, -0.25) is 9.48 Å². The van der Waals surface area contributed by atoms with Crippen molar-refractivity contribution < 1.29 is 4.79 Å². The van der Waals surface area contributed by atoms with Gasteiger partial charge >= 0.3 is 0 Å². The molecule has 2 heterocycles. The lowest BCUT2D eigenvalue weighted by Gasteiger charge is -2.26. The predicted molar refractivity (Wildman–Crippen MR) is 93.8 cm³/mol. The molecule has 0 saturated heterocycles. The van der Waals surface area contributed by atoms with Crippen LogP contribution in [0.2, 0.25) is 0 Å². The highest BCUT2D eigenvalue weighted by Gasteiger charge is 2.20.